The van der Waals surface area contributed by atoms with E-state index in [1.807, 2.05) is 0 Å². The lowest BCUT2D eigenvalue weighted by Crippen LogP contribution is -2.75. The van der Waals surface area contributed by atoms with Crippen molar-refractivity contribution >= 4 is 49.7 Å². The van der Waals surface area contributed by atoms with E-state index in [2.05, 4.69) is 89.6 Å². The Bertz CT molecular complexity index is 3060. The molecule has 0 radical (unpaired) electrons. The first-order valence-corrected chi connectivity index (χ1v) is 21.9. The molecular formula is C52H28BF24N. The van der Waals surface area contributed by atoms with Crippen molar-refractivity contribution in [3.05, 3.63) is 208 Å². The molecular weight excluding hydrogens is 1110 g/mol. The van der Waals surface area contributed by atoms with Crippen LogP contribution in [0, 0.1) is 0 Å². The smallest absolute Gasteiger partial charge is 0.194 e. The molecule has 8 rings (SSSR count). The number of halogens is 24. The highest BCUT2D eigenvalue weighted by Gasteiger charge is 2.47. The number of benzene rings is 7. The molecule has 1 nitrogen and oxygen atoms in total. The Labute approximate surface area is 422 Å². The van der Waals surface area contributed by atoms with Gasteiger partial charge in [-0.3, -0.25) is 0 Å². The fourth-order valence-electron chi connectivity index (χ4n) is 8.96. The fraction of sp³-hybridized carbons (Fsp3) is 0.173. The summed E-state index contributed by atoms with van der Waals surface area (Å²) in [5, 5.41) is 3.88. The Kier molecular flexibility index (Phi) is 15.0. The highest BCUT2D eigenvalue weighted by molar-refractivity contribution is 7.20. The summed E-state index contributed by atoms with van der Waals surface area (Å²) in [7, 11) is 0. The molecule has 0 aliphatic heterocycles. The molecule has 0 spiro atoms. The number of aromatic nitrogens is 1. The standard InChI is InChI=1S/C32H12BF24.C20H16N/c34-25(35,36)13-1-14(26(37,38)39)6-21(5-13)33(22-7-15(27(40,41)42)2-16(8-22)28(43,44)45,23-9-17(29(46,47)48)3-18(10-23)30(49,50)51)24-11-19(31(52,53)54)4-20(12-24)32(55,56)57;1-2-8-19-14-16(11-12-17(19)6-1)15-21-13-5-9-18-7-3-4-10-20(18)21/h1-12H;1-14H,15H2/q-1;+1. The number of pyridine rings is 1. The van der Waals surface area contributed by atoms with E-state index in [0.29, 0.717) is 0 Å². The normalized spacial score (nSPS) is 13.4. The van der Waals surface area contributed by atoms with Crippen LogP contribution < -0.4 is 26.4 Å². The lowest BCUT2D eigenvalue weighted by atomic mass is 9.12. The van der Waals surface area contributed by atoms with Crippen molar-refractivity contribution in [2.45, 2.75) is 56.0 Å². The Morgan fingerprint density at radius 2 is 0.538 bits per heavy atom. The second-order valence-corrected chi connectivity index (χ2v) is 17.6. The van der Waals surface area contributed by atoms with Crippen molar-refractivity contribution in [2.75, 3.05) is 0 Å². The quantitative estimate of drug-likeness (QED) is 0.0888. The van der Waals surface area contributed by atoms with Crippen LogP contribution in [0.3, 0.4) is 0 Å². The van der Waals surface area contributed by atoms with Gasteiger partial charge in [0.15, 0.2) is 12.7 Å². The molecule has 0 fully saturated rings. The molecule has 0 amide bonds. The van der Waals surface area contributed by atoms with E-state index in [9.17, 15) is 105 Å². The Hall–Kier alpha value is -7.41. The maximum Gasteiger partial charge on any atom is 0.416 e. The lowest BCUT2D eigenvalue weighted by molar-refractivity contribution is -0.662. The first-order chi connectivity index (χ1) is 35.7. The van der Waals surface area contributed by atoms with Crippen molar-refractivity contribution in [2.24, 2.45) is 0 Å². The van der Waals surface area contributed by atoms with Crippen LogP contribution in [0.1, 0.15) is 50.1 Å². The van der Waals surface area contributed by atoms with Crippen LogP contribution in [0.4, 0.5) is 105 Å². The summed E-state index contributed by atoms with van der Waals surface area (Å²) in [5.41, 5.74) is -27.6. The van der Waals surface area contributed by atoms with Gasteiger partial charge in [-0.25, -0.2) is 0 Å². The van der Waals surface area contributed by atoms with Gasteiger partial charge in [-0.15, -0.1) is 0 Å². The van der Waals surface area contributed by atoms with Crippen LogP contribution in [0.25, 0.3) is 21.7 Å². The van der Waals surface area contributed by atoms with Gasteiger partial charge < -0.3 is 0 Å². The van der Waals surface area contributed by atoms with Gasteiger partial charge in [0, 0.05) is 23.1 Å². The third-order valence-electron chi connectivity index (χ3n) is 12.4. The summed E-state index contributed by atoms with van der Waals surface area (Å²) in [6, 6.07) is 19.2. The van der Waals surface area contributed by atoms with E-state index >= 15 is 0 Å². The third-order valence-corrected chi connectivity index (χ3v) is 12.4. The number of fused-ring (bicyclic) bond motifs is 2. The molecule has 1 heterocycles. The molecule has 26 heteroatoms. The Morgan fingerprint density at radius 1 is 0.269 bits per heavy atom. The molecule has 0 unspecified atom stereocenters. The van der Waals surface area contributed by atoms with Gasteiger partial charge in [0.1, 0.15) is 6.15 Å². The summed E-state index contributed by atoms with van der Waals surface area (Å²) in [4.78, 5) is 0. The molecule has 0 bridgehead atoms. The van der Waals surface area contributed by atoms with Gasteiger partial charge in [0.2, 0.25) is 5.52 Å². The highest BCUT2D eigenvalue weighted by atomic mass is 19.4. The Morgan fingerprint density at radius 3 is 0.846 bits per heavy atom. The molecule has 8 aromatic rings. The van der Waals surface area contributed by atoms with Crippen LogP contribution in [0.5, 0.6) is 0 Å². The SMILES string of the molecule is FC(F)(F)c1cc([B-](c2cc(C(F)(F)F)cc(C(F)(F)F)c2)(c2cc(C(F)(F)F)cc(C(F)(F)F)c2)c2cc(C(F)(F)F)cc(C(F)(F)F)c2)cc(C(F)(F)F)c1.c1ccc2cc(C[n+]3cccc4ccccc43)ccc2c1. The van der Waals surface area contributed by atoms with Crippen molar-refractivity contribution < 1.29 is 110 Å². The zero-order valence-corrected chi connectivity index (χ0v) is 38.3. The predicted octanol–water partition coefficient (Wildman–Crippen LogP) is 15.5. The van der Waals surface area contributed by atoms with E-state index in [1.165, 1.54) is 27.2 Å². The van der Waals surface area contributed by atoms with Gasteiger partial charge in [-0.2, -0.15) is 132 Å². The third kappa shape index (κ3) is 12.6. The van der Waals surface area contributed by atoms with Gasteiger partial charge in [0.25, 0.3) is 0 Å². The van der Waals surface area contributed by atoms with E-state index in [0.717, 1.165) is 6.54 Å². The number of rotatable bonds is 6. The molecule has 7 aromatic carbocycles. The zero-order chi connectivity index (χ0) is 58.0. The monoisotopic (exact) mass is 1130 g/mol. The molecule has 78 heavy (non-hydrogen) atoms. The van der Waals surface area contributed by atoms with Crippen LogP contribution >= 0.6 is 0 Å². The minimum absolute atomic E-state index is 0.691. The average molecular weight is 1130 g/mol. The second kappa shape index (κ2) is 20.1. The topological polar surface area (TPSA) is 3.88 Å². The van der Waals surface area contributed by atoms with Crippen molar-refractivity contribution in [3.8, 4) is 0 Å². The maximum absolute atomic E-state index is 14.2. The molecule has 0 saturated carbocycles. The van der Waals surface area contributed by atoms with Crippen molar-refractivity contribution in [1.29, 1.82) is 0 Å². The second-order valence-electron chi connectivity index (χ2n) is 17.6. The summed E-state index contributed by atoms with van der Waals surface area (Å²) in [6.45, 7) is 0.895. The summed E-state index contributed by atoms with van der Waals surface area (Å²) in [6.07, 6.45) is -52.7. The van der Waals surface area contributed by atoms with Crippen LogP contribution in [-0.4, -0.2) is 6.15 Å². The van der Waals surface area contributed by atoms with E-state index in [4.69, 9.17) is 0 Å². The predicted molar refractivity (Wildman–Crippen MR) is 237 cm³/mol. The maximum atomic E-state index is 14.2. The van der Waals surface area contributed by atoms with Crippen LogP contribution in [-0.2, 0) is 56.0 Å². The van der Waals surface area contributed by atoms with Crippen molar-refractivity contribution in [3.63, 3.8) is 0 Å². The largest absolute Gasteiger partial charge is 0.416 e. The summed E-state index contributed by atoms with van der Waals surface area (Å²) in [5.74, 6) is 0. The number of para-hydroxylation sites is 1. The number of hydrogen-bond acceptors (Lipinski definition) is 0. The minimum Gasteiger partial charge on any atom is -0.194 e. The molecule has 0 atom stereocenters. The van der Waals surface area contributed by atoms with Crippen molar-refractivity contribution in [1.82, 2.24) is 0 Å². The van der Waals surface area contributed by atoms with Gasteiger partial charge >= 0.3 is 49.4 Å². The fourth-order valence-corrected chi connectivity index (χ4v) is 8.96. The van der Waals surface area contributed by atoms with Crippen LogP contribution in [0.15, 0.2) is 158 Å². The summed E-state index contributed by atoms with van der Waals surface area (Å²) < 4.78 is 343. The first-order valence-electron chi connectivity index (χ1n) is 21.9. The minimum atomic E-state index is -6.13. The summed E-state index contributed by atoms with van der Waals surface area (Å²) >= 11 is 0. The molecule has 412 valence electrons. The lowest BCUT2D eigenvalue weighted by Gasteiger charge is -2.46. The van der Waals surface area contributed by atoms with Gasteiger partial charge in [-0.05, 0) is 53.2 Å². The molecule has 0 aliphatic rings. The van der Waals surface area contributed by atoms with Gasteiger partial charge in [-0.1, -0.05) is 97.1 Å². The van der Waals surface area contributed by atoms with E-state index in [-0.39, 0.29) is 0 Å². The Balaban J connectivity index is 0.000000344. The first kappa shape index (κ1) is 58.3. The molecule has 0 saturated heterocycles. The number of nitrogens with zero attached hydrogens (tertiary/aromatic N) is 1. The van der Waals surface area contributed by atoms with Crippen LogP contribution in [0.2, 0.25) is 0 Å². The zero-order valence-electron chi connectivity index (χ0n) is 38.3. The number of alkyl halides is 24. The van der Waals surface area contributed by atoms with E-state index in [1.54, 1.807) is 0 Å². The molecule has 1 aromatic heterocycles. The molecule has 0 N–H and O–H groups in total. The molecule has 0 aliphatic carbocycles. The highest BCUT2D eigenvalue weighted by Crippen LogP contribution is 2.41. The van der Waals surface area contributed by atoms with Gasteiger partial charge in [0.05, 0.1) is 44.5 Å². The van der Waals surface area contributed by atoms with E-state index < -0.39 is 195 Å². The number of hydrogen-bond donors (Lipinski definition) is 0. The average Bonchev–Trinajstić information content (AvgIpc) is 3.54.